The summed E-state index contributed by atoms with van der Waals surface area (Å²) < 4.78 is 72.3. The molecule has 2 bridgehead atoms. The molecule has 7 rings (SSSR count). The summed E-state index contributed by atoms with van der Waals surface area (Å²) >= 11 is 5.62. The molecule has 0 radical (unpaired) electrons. The standard InChI is InChI=1S/C26H22ClF4N3O4/c1-36-21-22(32-24(35)33-13-25-10-15(11-25)12-34(25)23(21)33)37-7-6-14-2-5-20(19(28)8-14)38-16-3-4-18(27)17(9-16)26(29,30)31/h2-5,8-9,15H,6-7,10-13H2,1H3. The van der Waals surface area contributed by atoms with Gasteiger partial charge in [-0.15, -0.1) is 0 Å². The maximum atomic E-state index is 14.7. The van der Waals surface area contributed by atoms with Crippen molar-refractivity contribution in [2.75, 3.05) is 25.2 Å². The second-order valence-electron chi connectivity index (χ2n) is 9.86. The maximum Gasteiger partial charge on any atom is 0.417 e. The Balaban J connectivity index is 1.14. The normalized spacial score (nSPS) is 21.1. The van der Waals surface area contributed by atoms with Crippen LogP contribution in [0.3, 0.4) is 0 Å². The lowest BCUT2D eigenvalue weighted by atomic mass is 9.74. The van der Waals surface area contributed by atoms with Crippen LogP contribution in [0.1, 0.15) is 24.0 Å². The zero-order chi connectivity index (χ0) is 26.8. The van der Waals surface area contributed by atoms with Crippen molar-refractivity contribution in [3.8, 4) is 23.1 Å². The molecule has 0 unspecified atom stereocenters. The van der Waals surface area contributed by atoms with Crippen molar-refractivity contribution in [1.29, 1.82) is 0 Å². The minimum Gasteiger partial charge on any atom is -0.489 e. The summed E-state index contributed by atoms with van der Waals surface area (Å²) in [6, 6.07) is 7.10. The summed E-state index contributed by atoms with van der Waals surface area (Å²) in [5.74, 6) is 0.642. The average molecular weight is 552 g/mol. The van der Waals surface area contributed by atoms with Gasteiger partial charge in [0.1, 0.15) is 5.75 Å². The fourth-order valence-electron chi connectivity index (χ4n) is 5.79. The van der Waals surface area contributed by atoms with E-state index in [9.17, 15) is 22.4 Å². The first kappa shape index (κ1) is 24.8. The highest BCUT2D eigenvalue weighted by Crippen LogP contribution is 2.58. The van der Waals surface area contributed by atoms with E-state index in [1.54, 1.807) is 10.6 Å². The molecule has 0 N–H and O–H groups in total. The summed E-state index contributed by atoms with van der Waals surface area (Å²) in [4.78, 5) is 19.0. The van der Waals surface area contributed by atoms with E-state index in [2.05, 4.69) is 9.88 Å². The third-order valence-corrected chi connectivity index (χ3v) is 7.77. The molecule has 12 heteroatoms. The number of alkyl halides is 3. The minimum atomic E-state index is -4.67. The van der Waals surface area contributed by atoms with Gasteiger partial charge >= 0.3 is 11.9 Å². The van der Waals surface area contributed by atoms with Crippen LogP contribution in [0, 0.1) is 11.7 Å². The van der Waals surface area contributed by atoms with Crippen molar-refractivity contribution in [2.45, 2.75) is 37.5 Å². The van der Waals surface area contributed by atoms with Crippen LogP contribution in [0.4, 0.5) is 23.4 Å². The summed E-state index contributed by atoms with van der Waals surface area (Å²) in [5, 5.41) is -0.477. The molecule has 0 atom stereocenters. The summed E-state index contributed by atoms with van der Waals surface area (Å²) in [6.07, 6.45) is -2.28. The van der Waals surface area contributed by atoms with Gasteiger partial charge in [0.15, 0.2) is 17.4 Å². The van der Waals surface area contributed by atoms with E-state index < -0.39 is 28.3 Å². The zero-order valence-electron chi connectivity index (χ0n) is 20.1. The third kappa shape index (κ3) is 4.03. The van der Waals surface area contributed by atoms with Gasteiger partial charge in [0, 0.05) is 13.0 Å². The Morgan fingerprint density at radius 2 is 1.97 bits per heavy atom. The Bertz CT molecular complexity index is 1490. The van der Waals surface area contributed by atoms with E-state index in [4.69, 9.17) is 25.8 Å². The summed E-state index contributed by atoms with van der Waals surface area (Å²) in [7, 11) is 1.51. The van der Waals surface area contributed by atoms with Crippen molar-refractivity contribution < 1.29 is 31.8 Å². The summed E-state index contributed by atoms with van der Waals surface area (Å²) in [6.45, 7) is 1.56. The predicted molar refractivity (Wildman–Crippen MR) is 130 cm³/mol. The van der Waals surface area contributed by atoms with Crippen molar-refractivity contribution >= 4 is 17.4 Å². The van der Waals surface area contributed by atoms with Crippen LogP contribution >= 0.6 is 11.6 Å². The molecule has 3 aliphatic heterocycles. The first-order chi connectivity index (χ1) is 18.1. The first-order valence-corrected chi connectivity index (χ1v) is 12.4. The van der Waals surface area contributed by atoms with Gasteiger partial charge in [-0.3, -0.25) is 4.57 Å². The largest absolute Gasteiger partial charge is 0.489 e. The lowest BCUT2D eigenvalue weighted by Crippen LogP contribution is -2.44. The van der Waals surface area contributed by atoms with Gasteiger partial charge in [-0.05, 0) is 54.7 Å². The zero-order valence-corrected chi connectivity index (χ0v) is 20.9. The van der Waals surface area contributed by atoms with Gasteiger partial charge < -0.3 is 19.1 Å². The Kier molecular flexibility index (Phi) is 5.75. The van der Waals surface area contributed by atoms with Crippen LogP contribution in [0.15, 0.2) is 41.2 Å². The fourth-order valence-corrected chi connectivity index (χ4v) is 6.02. The first-order valence-electron chi connectivity index (χ1n) is 12.0. The highest BCUT2D eigenvalue weighted by Gasteiger charge is 2.61. The van der Waals surface area contributed by atoms with E-state index in [1.165, 1.54) is 25.3 Å². The molecule has 0 amide bonds. The molecule has 1 saturated carbocycles. The van der Waals surface area contributed by atoms with Crippen molar-refractivity contribution in [3.63, 3.8) is 0 Å². The number of halogens is 5. The topological polar surface area (TPSA) is 65.8 Å². The lowest BCUT2D eigenvalue weighted by Gasteiger charge is -2.37. The number of benzene rings is 2. The van der Waals surface area contributed by atoms with Crippen LogP contribution in [0.25, 0.3) is 0 Å². The molecular weight excluding hydrogens is 530 g/mol. The quantitative estimate of drug-likeness (QED) is 0.363. The number of methoxy groups -OCH3 is 1. The van der Waals surface area contributed by atoms with Gasteiger partial charge in [-0.2, -0.15) is 18.2 Å². The van der Waals surface area contributed by atoms with E-state index in [-0.39, 0.29) is 35.9 Å². The Labute approximate surface area is 219 Å². The Morgan fingerprint density at radius 3 is 2.68 bits per heavy atom. The van der Waals surface area contributed by atoms with Gasteiger partial charge in [-0.1, -0.05) is 17.7 Å². The lowest BCUT2D eigenvalue weighted by molar-refractivity contribution is -0.137. The molecule has 3 fully saturated rings. The smallest absolute Gasteiger partial charge is 0.417 e. The number of fused-ring (bicyclic) bond motifs is 1. The van der Waals surface area contributed by atoms with Gasteiger partial charge in [0.25, 0.3) is 5.88 Å². The van der Waals surface area contributed by atoms with E-state index in [0.717, 1.165) is 31.5 Å². The van der Waals surface area contributed by atoms with Crippen LogP contribution in [0.5, 0.6) is 23.1 Å². The molecule has 4 heterocycles. The number of ether oxygens (including phenoxy) is 3. The molecule has 200 valence electrons. The van der Waals surface area contributed by atoms with Crippen LogP contribution in [0.2, 0.25) is 5.02 Å². The Hall–Kier alpha value is -3.47. The van der Waals surface area contributed by atoms with E-state index in [1.807, 2.05) is 0 Å². The van der Waals surface area contributed by atoms with Crippen molar-refractivity contribution in [2.24, 2.45) is 5.92 Å². The molecule has 7 nitrogen and oxygen atoms in total. The highest BCUT2D eigenvalue weighted by atomic mass is 35.5. The molecule has 1 aromatic heterocycles. The van der Waals surface area contributed by atoms with Crippen molar-refractivity contribution in [1.82, 2.24) is 9.55 Å². The number of rotatable bonds is 7. The van der Waals surface area contributed by atoms with Gasteiger partial charge in [-0.25, -0.2) is 9.18 Å². The third-order valence-electron chi connectivity index (χ3n) is 7.44. The van der Waals surface area contributed by atoms with Crippen LogP contribution in [-0.4, -0.2) is 35.4 Å². The van der Waals surface area contributed by atoms with E-state index in [0.29, 0.717) is 29.6 Å². The second-order valence-corrected chi connectivity index (χ2v) is 10.3. The number of hydrogen-bond acceptors (Lipinski definition) is 6. The molecule has 2 aromatic carbocycles. The van der Waals surface area contributed by atoms with Gasteiger partial charge in [0.05, 0.1) is 36.4 Å². The molecule has 3 aromatic rings. The minimum absolute atomic E-state index is 0.0217. The van der Waals surface area contributed by atoms with E-state index >= 15 is 0 Å². The Morgan fingerprint density at radius 1 is 1.18 bits per heavy atom. The highest BCUT2D eigenvalue weighted by molar-refractivity contribution is 6.31. The van der Waals surface area contributed by atoms with Crippen LogP contribution in [-0.2, 0) is 19.1 Å². The fraction of sp³-hybridized carbons (Fsp3) is 0.385. The molecule has 38 heavy (non-hydrogen) atoms. The monoisotopic (exact) mass is 551 g/mol. The number of aromatic nitrogens is 2. The second kappa shape index (κ2) is 8.79. The summed E-state index contributed by atoms with van der Waals surface area (Å²) in [5.41, 5.74) is -0.936. The predicted octanol–water partition coefficient (Wildman–Crippen LogP) is 5.46. The number of nitrogens with zero attached hydrogens (tertiary/aromatic N) is 3. The molecule has 1 spiro atoms. The molecule has 1 aliphatic carbocycles. The SMILES string of the molecule is COc1c(OCCc2ccc(Oc3ccc(Cl)c(C(F)(F)F)c3)c(F)c2)nc(=O)n2c1N1CC3CC1(C3)C2. The average Bonchev–Trinajstić information content (AvgIpc) is 3.47. The van der Waals surface area contributed by atoms with Gasteiger partial charge in [0.2, 0.25) is 5.75 Å². The molecule has 4 aliphatic rings. The molecule has 2 saturated heterocycles. The molecular formula is C26H22ClF4N3O4. The maximum absolute atomic E-state index is 14.7. The number of anilines is 1. The number of hydrogen-bond donors (Lipinski definition) is 0. The van der Waals surface area contributed by atoms with Crippen molar-refractivity contribution in [3.05, 3.63) is 68.8 Å². The van der Waals surface area contributed by atoms with Crippen LogP contribution < -0.4 is 24.8 Å².